The third kappa shape index (κ3) is 16.3. The molecule has 0 rings (SSSR count). The first kappa shape index (κ1) is 48.0. The van der Waals surface area contributed by atoms with Gasteiger partial charge in [-0.3, -0.25) is 19.2 Å². The van der Waals surface area contributed by atoms with E-state index in [1.165, 1.54) is 55.4 Å². The van der Waals surface area contributed by atoms with Gasteiger partial charge < -0.3 is 39.6 Å². The molecule has 13 heteroatoms. The number of Topliss-reactive ketones (excluding diaryl/α,β-unsaturated/α-hetero) is 4. The van der Waals surface area contributed by atoms with Crippen molar-refractivity contribution in [3.8, 4) is 0 Å². The minimum absolute atomic E-state index is 0. The van der Waals surface area contributed by atoms with Crippen molar-refractivity contribution >= 4 is 47.0 Å². The van der Waals surface area contributed by atoms with Crippen molar-refractivity contribution in [3.05, 3.63) is 0 Å². The van der Waals surface area contributed by atoms with Crippen LogP contribution in [0.2, 0.25) is 0 Å². The third-order valence-corrected chi connectivity index (χ3v) is 6.11. The predicted octanol–water partition coefficient (Wildman–Crippen LogP) is -1.04. The van der Waals surface area contributed by atoms with E-state index in [0.29, 0.717) is 0 Å². The Labute approximate surface area is 257 Å². The Bertz CT molecular complexity index is 792. The molecule has 0 heterocycles. The first-order valence-electron chi connectivity index (χ1n) is 12.7. The summed E-state index contributed by atoms with van der Waals surface area (Å²) in [7, 11) is 0. The second kappa shape index (κ2) is 20.2. The summed E-state index contributed by atoms with van der Waals surface area (Å²) in [4.78, 5) is 84.6. The topological polar surface area (TPSA) is 229 Å². The molecule has 0 radical (unpaired) electrons. The molecule has 0 bridgehead atoms. The Kier molecular flexibility index (Phi) is 23.7. The van der Waals surface area contributed by atoms with Gasteiger partial charge in [0.05, 0.1) is 45.5 Å². The van der Waals surface area contributed by atoms with Gasteiger partial charge in [-0.05, 0) is 55.4 Å². The standard InChI is InChI=1S/4C7H12O3.Ti/c4*1-4-5(8)7(2,3)6(9)10;/h4*4H2,1-3H3,(H,9,10);/q;;;;+4/p-4. The Morgan fingerprint density at radius 1 is 0.366 bits per heavy atom. The second-order valence-corrected chi connectivity index (χ2v) is 10.8. The van der Waals surface area contributed by atoms with Crippen LogP contribution in [-0.4, -0.2) is 47.0 Å². The molecular weight excluding hydrogens is 576 g/mol. The average molecular weight is 621 g/mol. The minimum atomic E-state index is -1.32. The molecular formula is C28H44O12Ti. The Morgan fingerprint density at radius 2 is 0.463 bits per heavy atom. The van der Waals surface area contributed by atoms with Crippen LogP contribution in [0, 0.1) is 21.7 Å². The molecule has 232 valence electrons. The normalized spacial score (nSPS) is 10.8. The molecule has 0 amide bonds. The Balaban J connectivity index is -0.000000139. The number of hydrogen-bond donors (Lipinski definition) is 0. The molecule has 0 aromatic heterocycles. The first-order valence-corrected chi connectivity index (χ1v) is 12.7. The van der Waals surface area contributed by atoms with Crippen LogP contribution in [0.25, 0.3) is 0 Å². The maximum Gasteiger partial charge on any atom is 4.00 e. The molecule has 41 heavy (non-hydrogen) atoms. The van der Waals surface area contributed by atoms with E-state index in [2.05, 4.69) is 0 Å². The van der Waals surface area contributed by atoms with Crippen LogP contribution >= 0.6 is 0 Å². The van der Waals surface area contributed by atoms with Gasteiger partial charge in [-0.2, -0.15) is 0 Å². The van der Waals surface area contributed by atoms with Crippen molar-refractivity contribution in [2.75, 3.05) is 0 Å². The van der Waals surface area contributed by atoms with Crippen LogP contribution in [0.1, 0.15) is 109 Å². The minimum Gasteiger partial charge on any atom is -0.549 e. The smallest absolute Gasteiger partial charge is 0.549 e. The van der Waals surface area contributed by atoms with E-state index < -0.39 is 45.5 Å². The SMILES string of the molecule is CCC(=O)C(C)(C)C(=O)[O-].CCC(=O)C(C)(C)C(=O)[O-].CCC(=O)C(C)(C)C(=O)[O-].CCC(=O)C(C)(C)C(=O)[O-].[Ti+4]. The first-order chi connectivity index (χ1) is 17.7. The van der Waals surface area contributed by atoms with Gasteiger partial charge in [0.15, 0.2) is 0 Å². The number of ketones is 4. The number of carboxylic acid groups (broad SMARTS) is 4. The number of carbonyl (C=O) groups excluding carboxylic acids is 8. The molecule has 0 atom stereocenters. The molecule has 0 fully saturated rings. The fraction of sp³-hybridized carbons (Fsp3) is 0.714. The third-order valence-electron chi connectivity index (χ3n) is 6.11. The number of aliphatic carboxylic acids is 4. The van der Waals surface area contributed by atoms with Crippen molar-refractivity contribution in [2.24, 2.45) is 21.7 Å². The van der Waals surface area contributed by atoms with Gasteiger partial charge in [0.2, 0.25) is 0 Å². The van der Waals surface area contributed by atoms with Gasteiger partial charge in [0.1, 0.15) is 23.1 Å². The van der Waals surface area contributed by atoms with Crippen LogP contribution in [0.3, 0.4) is 0 Å². The molecule has 0 aromatic carbocycles. The van der Waals surface area contributed by atoms with E-state index in [4.69, 9.17) is 0 Å². The maximum atomic E-state index is 10.9. The van der Waals surface area contributed by atoms with E-state index in [0.717, 1.165) is 0 Å². The van der Waals surface area contributed by atoms with Gasteiger partial charge in [0.25, 0.3) is 0 Å². The summed E-state index contributed by atoms with van der Waals surface area (Å²) >= 11 is 0. The maximum absolute atomic E-state index is 10.9. The number of rotatable bonds is 12. The number of hydrogen-bond acceptors (Lipinski definition) is 12. The van der Waals surface area contributed by atoms with Crippen LogP contribution in [0.5, 0.6) is 0 Å². The molecule has 0 aliphatic heterocycles. The van der Waals surface area contributed by atoms with Crippen LogP contribution in [-0.2, 0) is 60.1 Å². The van der Waals surface area contributed by atoms with Crippen molar-refractivity contribution < 1.29 is 80.5 Å². The van der Waals surface area contributed by atoms with Gasteiger partial charge in [0, 0.05) is 25.7 Å². The summed E-state index contributed by atoms with van der Waals surface area (Å²) < 4.78 is 0. The van der Waals surface area contributed by atoms with E-state index in [-0.39, 0.29) is 70.5 Å². The Hall–Kier alpha value is -2.73. The van der Waals surface area contributed by atoms with E-state index in [1.54, 1.807) is 27.7 Å². The summed E-state index contributed by atoms with van der Waals surface area (Å²) in [5.74, 6) is -6.42. The summed E-state index contributed by atoms with van der Waals surface area (Å²) in [6.45, 7) is 17.4. The van der Waals surface area contributed by atoms with Crippen molar-refractivity contribution in [2.45, 2.75) is 109 Å². The second-order valence-electron chi connectivity index (χ2n) is 10.8. The molecule has 0 aliphatic rings. The summed E-state index contributed by atoms with van der Waals surface area (Å²) in [5.41, 5.74) is -5.30. The summed E-state index contributed by atoms with van der Waals surface area (Å²) in [5, 5.41) is 41.2. The molecule has 12 nitrogen and oxygen atoms in total. The Morgan fingerprint density at radius 3 is 0.488 bits per heavy atom. The summed E-state index contributed by atoms with van der Waals surface area (Å²) in [6.07, 6.45) is 0.948. The molecule has 0 aliphatic carbocycles. The van der Waals surface area contributed by atoms with E-state index in [1.807, 2.05) is 0 Å². The largest absolute Gasteiger partial charge is 4.00 e. The van der Waals surface area contributed by atoms with Crippen LogP contribution in [0.4, 0.5) is 0 Å². The van der Waals surface area contributed by atoms with E-state index in [9.17, 15) is 58.8 Å². The molecule has 0 unspecified atom stereocenters. The van der Waals surface area contributed by atoms with Crippen LogP contribution in [0.15, 0.2) is 0 Å². The zero-order valence-electron chi connectivity index (χ0n) is 26.2. The zero-order valence-corrected chi connectivity index (χ0v) is 27.8. The van der Waals surface area contributed by atoms with Gasteiger partial charge in [-0.15, -0.1) is 0 Å². The van der Waals surface area contributed by atoms with Crippen molar-refractivity contribution in [1.29, 1.82) is 0 Å². The zero-order chi connectivity index (χ0) is 33.4. The number of carbonyl (C=O) groups is 8. The molecule has 0 aromatic rings. The summed E-state index contributed by atoms with van der Waals surface area (Å²) in [6, 6.07) is 0. The van der Waals surface area contributed by atoms with Crippen molar-refractivity contribution in [1.82, 2.24) is 0 Å². The van der Waals surface area contributed by atoms with Gasteiger partial charge in [-0.25, -0.2) is 0 Å². The number of carboxylic acids is 4. The van der Waals surface area contributed by atoms with E-state index >= 15 is 0 Å². The predicted molar refractivity (Wildman–Crippen MR) is 136 cm³/mol. The fourth-order valence-electron chi connectivity index (χ4n) is 2.22. The fourth-order valence-corrected chi connectivity index (χ4v) is 2.22. The monoisotopic (exact) mass is 620 g/mol. The molecule has 0 saturated heterocycles. The average Bonchev–Trinajstić information content (AvgIpc) is 2.86. The molecule has 0 spiro atoms. The van der Waals surface area contributed by atoms with Gasteiger partial charge >= 0.3 is 21.7 Å². The van der Waals surface area contributed by atoms with Crippen molar-refractivity contribution in [3.63, 3.8) is 0 Å². The quantitative estimate of drug-likeness (QED) is 0.188. The molecule has 0 N–H and O–H groups in total. The van der Waals surface area contributed by atoms with Gasteiger partial charge in [-0.1, -0.05) is 27.7 Å². The molecule has 0 saturated carbocycles. The van der Waals surface area contributed by atoms with Crippen LogP contribution < -0.4 is 20.4 Å².